The third-order valence-corrected chi connectivity index (χ3v) is 5.36. The second-order valence-electron chi connectivity index (χ2n) is 8.89. The van der Waals surface area contributed by atoms with Crippen LogP contribution in [0.25, 0.3) is 0 Å². The zero-order valence-electron chi connectivity index (χ0n) is 20.2. The third-order valence-electron chi connectivity index (χ3n) is 5.36. The molecule has 2 rings (SSSR count). The van der Waals surface area contributed by atoms with Crippen LogP contribution in [-0.2, 0) is 9.59 Å². The molecule has 0 saturated heterocycles. The maximum Gasteiger partial charge on any atom is 0.269 e. The van der Waals surface area contributed by atoms with Gasteiger partial charge in [0.1, 0.15) is 5.75 Å². The lowest BCUT2D eigenvalue weighted by atomic mass is 9.87. The van der Waals surface area contributed by atoms with E-state index in [1.807, 2.05) is 52.8 Å². The van der Waals surface area contributed by atoms with E-state index in [2.05, 4.69) is 16.2 Å². The summed E-state index contributed by atoms with van der Waals surface area (Å²) in [6, 6.07) is 12.6. The van der Waals surface area contributed by atoms with E-state index in [-0.39, 0.29) is 11.8 Å². The SMILES string of the molecule is CCCC(=O)Nc1ccc(C(=O)NNC(=O)C(C)(C)CCCOc2cc(C)ccc2C)cc1. The fourth-order valence-electron chi connectivity index (χ4n) is 3.18. The van der Waals surface area contributed by atoms with Crippen LogP contribution in [0.15, 0.2) is 42.5 Å². The van der Waals surface area contributed by atoms with Crippen molar-refractivity contribution in [3.8, 4) is 5.75 Å². The zero-order valence-corrected chi connectivity index (χ0v) is 20.2. The molecule has 7 nitrogen and oxygen atoms in total. The molecule has 2 aromatic rings. The molecular weight excluding hydrogens is 418 g/mol. The first kappa shape index (κ1) is 25.9. The van der Waals surface area contributed by atoms with E-state index in [9.17, 15) is 14.4 Å². The number of aryl methyl sites for hydroxylation is 2. The molecule has 0 bridgehead atoms. The summed E-state index contributed by atoms with van der Waals surface area (Å²) < 4.78 is 5.87. The maximum atomic E-state index is 12.6. The number of anilines is 1. The van der Waals surface area contributed by atoms with Gasteiger partial charge < -0.3 is 10.1 Å². The zero-order chi connectivity index (χ0) is 24.4. The predicted molar refractivity (Wildman–Crippen MR) is 130 cm³/mol. The number of ether oxygens (including phenoxy) is 1. The minimum Gasteiger partial charge on any atom is -0.493 e. The molecular formula is C26H35N3O4. The Kier molecular flexibility index (Phi) is 9.45. The number of benzene rings is 2. The fourth-order valence-corrected chi connectivity index (χ4v) is 3.18. The van der Waals surface area contributed by atoms with E-state index in [1.165, 1.54) is 0 Å². The molecule has 0 saturated carbocycles. The van der Waals surface area contributed by atoms with Crippen LogP contribution in [-0.4, -0.2) is 24.3 Å². The summed E-state index contributed by atoms with van der Waals surface area (Å²) in [5, 5.41) is 2.77. The van der Waals surface area contributed by atoms with E-state index in [0.717, 1.165) is 23.3 Å². The Bertz CT molecular complexity index is 968. The highest BCUT2D eigenvalue weighted by Gasteiger charge is 2.27. The van der Waals surface area contributed by atoms with Gasteiger partial charge >= 0.3 is 0 Å². The molecule has 0 aromatic heterocycles. The highest BCUT2D eigenvalue weighted by Crippen LogP contribution is 2.24. The Balaban J connectivity index is 1.78. The van der Waals surface area contributed by atoms with E-state index >= 15 is 0 Å². The molecule has 33 heavy (non-hydrogen) atoms. The van der Waals surface area contributed by atoms with E-state index in [0.29, 0.717) is 37.1 Å². The van der Waals surface area contributed by atoms with Crippen molar-refractivity contribution < 1.29 is 19.1 Å². The molecule has 7 heteroatoms. The van der Waals surface area contributed by atoms with Gasteiger partial charge in [0.05, 0.1) is 6.61 Å². The summed E-state index contributed by atoms with van der Waals surface area (Å²) in [5.41, 5.74) is 7.52. The topological polar surface area (TPSA) is 96.5 Å². The van der Waals surface area contributed by atoms with E-state index in [4.69, 9.17) is 4.74 Å². The summed E-state index contributed by atoms with van der Waals surface area (Å²) in [4.78, 5) is 36.6. The van der Waals surface area contributed by atoms with Crippen molar-refractivity contribution in [2.75, 3.05) is 11.9 Å². The standard InChI is InChI=1S/C26H35N3O4/c1-6-8-23(30)27-21-13-11-20(12-14-21)24(31)28-29-25(32)26(4,5)15-7-16-33-22-17-18(2)9-10-19(22)3/h9-14,17H,6-8,15-16H2,1-5H3,(H,27,30)(H,28,31)(H,29,32). The second kappa shape index (κ2) is 12.0. The minimum absolute atomic E-state index is 0.0661. The number of hydrogen-bond acceptors (Lipinski definition) is 4. The molecule has 3 N–H and O–H groups in total. The Morgan fingerprint density at radius 2 is 1.67 bits per heavy atom. The molecule has 0 fully saturated rings. The number of rotatable bonds is 10. The quantitative estimate of drug-likeness (QED) is 0.359. The van der Waals surface area contributed by atoms with Crippen LogP contribution in [0.4, 0.5) is 5.69 Å². The molecule has 178 valence electrons. The van der Waals surface area contributed by atoms with Gasteiger partial charge in [-0.05, 0) is 74.6 Å². The first-order valence-corrected chi connectivity index (χ1v) is 11.3. The van der Waals surface area contributed by atoms with Gasteiger partial charge in [-0.1, -0.05) is 32.9 Å². The lowest BCUT2D eigenvalue weighted by molar-refractivity contribution is -0.130. The molecule has 0 aliphatic carbocycles. The van der Waals surface area contributed by atoms with Crippen LogP contribution in [0.1, 0.15) is 67.9 Å². The summed E-state index contributed by atoms with van der Waals surface area (Å²) in [6.07, 6.45) is 2.52. The van der Waals surface area contributed by atoms with Crippen molar-refractivity contribution in [2.24, 2.45) is 5.41 Å². The van der Waals surface area contributed by atoms with Crippen LogP contribution in [0, 0.1) is 19.3 Å². The Labute approximate surface area is 196 Å². The van der Waals surface area contributed by atoms with Crippen molar-refractivity contribution in [2.45, 2.75) is 60.3 Å². The van der Waals surface area contributed by atoms with Crippen molar-refractivity contribution in [1.29, 1.82) is 0 Å². The first-order valence-electron chi connectivity index (χ1n) is 11.3. The third kappa shape index (κ3) is 8.25. The Morgan fingerprint density at radius 1 is 0.970 bits per heavy atom. The van der Waals surface area contributed by atoms with Gasteiger partial charge in [-0.25, -0.2) is 0 Å². The lowest BCUT2D eigenvalue weighted by Gasteiger charge is -2.23. The molecule has 0 heterocycles. The fraction of sp³-hybridized carbons (Fsp3) is 0.423. The summed E-state index contributed by atoms with van der Waals surface area (Å²) in [5.74, 6) is 0.0963. The molecule has 3 amide bonds. The minimum atomic E-state index is -0.675. The van der Waals surface area contributed by atoms with E-state index < -0.39 is 11.3 Å². The molecule has 0 spiro atoms. The van der Waals surface area contributed by atoms with Crippen LogP contribution in [0.2, 0.25) is 0 Å². The number of hydrogen-bond donors (Lipinski definition) is 3. The average molecular weight is 454 g/mol. The van der Waals surface area contributed by atoms with Crippen molar-refractivity contribution in [1.82, 2.24) is 10.9 Å². The van der Waals surface area contributed by atoms with Gasteiger partial charge in [-0.15, -0.1) is 0 Å². The molecule has 0 aliphatic rings. The van der Waals surface area contributed by atoms with Gasteiger partial charge in [0.2, 0.25) is 11.8 Å². The maximum absolute atomic E-state index is 12.6. The monoisotopic (exact) mass is 453 g/mol. The van der Waals surface area contributed by atoms with Crippen LogP contribution >= 0.6 is 0 Å². The largest absolute Gasteiger partial charge is 0.493 e. The average Bonchev–Trinajstić information content (AvgIpc) is 2.77. The predicted octanol–water partition coefficient (Wildman–Crippen LogP) is 4.69. The first-order chi connectivity index (χ1) is 15.6. The molecule has 0 radical (unpaired) electrons. The highest BCUT2D eigenvalue weighted by atomic mass is 16.5. The van der Waals surface area contributed by atoms with Crippen molar-refractivity contribution in [3.05, 3.63) is 59.2 Å². The van der Waals surface area contributed by atoms with Crippen molar-refractivity contribution in [3.63, 3.8) is 0 Å². The molecule has 0 aliphatic heterocycles. The van der Waals surface area contributed by atoms with E-state index in [1.54, 1.807) is 24.3 Å². The molecule has 0 atom stereocenters. The Hall–Kier alpha value is -3.35. The van der Waals surface area contributed by atoms with Crippen LogP contribution < -0.4 is 20.9 Å². The second-order valence-corrected chi connectivity index (χ2v) is 8.89. The lowest BCUT2D eigenvalue weighted by Crippen LogP contribution is -2.47. The van der Waals surface area contributed by atoms with Gasteiger partial charge in [0.15, 0.2) is 0 Å². The van der Waals surface area contributed by atoms with Gasteiger partial charge in [0, 0.05) is 23.1 Å². The van der Waals surface area contributed by atoms with Crippen LogP contribution in [0.3, 0.4) is 0 Å². The summed E-state index contributed by atoms with van der Waals surface area (Å²) in [6.45, 7) is 10.1. The van der Waals surface area contributed by atoms with Crippen LogP contribution in [0.5, 0.6) is 5.75 Å². The normalized spacial score (nSPS) is 10.9. The Morgan fingerprint density at radius 3 is 2.33 bits per heavy atom. The van der Waals surface area contributed by atoms with Gasteiger partial charge in [0.25, 0.3) is 5.91 Å². The number of hydrazine groups is 1. The number of carbonyl (C=O) groups is 3. The number of amides is 3. The smallest absolute Gasteiger partial charge is 0.269 e. The van der Waals surface area contributed by atoms with Gasteiger partial charge in [-0.3, -0.25) is 25.2 Å². The highest BCUT2D eigenvalue weighted by molar-refractivity contribution is 5.97. The summed E-state index contributed by atoms with van der Waals surface area (Å²) >= 11 is 0. The van der Waals surface area contributed by atoms with Crippen molar-refractivity contribution >= 4 is 23.4 Å². The summed E-state index contributed by atoms with van der Waals surface area (Å²) in [7, 11) is 0. The molecule has 0 unspecified atom stereocenters. The molecule has 2 aromatic carbocycles. The van der Waals surface area contributed by atoms with Gasteiger partial charge in [-0.2, -0.15) is 0 Å². The number of nitrogens with one attached hydrogen (secondary N) is 3. The number of carbonyl (C=O) groups excluding carboxylic acids is 3.